The van der Waals surface area contributed by atoms with Gasteiger partial charge in [0, 0.05) is 0 Å². The Bertz CT molecular complexity index is 999. The third kappa shape index (κ3) is 2.66. The minimum atomic E-state index is -3.79. The van der Waals surface area contributed by atoms with Gasteiger partial charge in [0.05, 0.1) is 11.9 Å². The number of rotatable bonds is 3. The van der Waals surface area contributed by atoms with Crippen LogP contribution in [-0.2, 0) is 15.6 Å². The van der Waals surface area contributed by atoms with Crippen LogP contribution in [0.25, 0.3) is 11.2 Å². The summed E-state index contributed by atoms with van der Waals surface area (Å²) in [6.45, 7) is 0. The van der Waals surface area contributed by atoms with Gasteiger partial charge in [0.2, 0.25) is 9.84 Å². The smallest absolute Gasteiger partial charge is 0.268 e. The predicted molar refractivity (Wildman–Crippen MR) is 79.7 cm³/mol. The fourth-order valence-electron chi connectivity index (χ4n) is 1.93. The average Bonchev–Trinajstić information content (AvgIpc) is 2.47. The second-order valence-corrected chi connectivity index (χ2v) is 6.46. The fraction of sp³-hybridized carbons (Fsp3) is 0.0769. The van der Waals surface area contributed by atoms with Gasteiger partial charge < -0.3 is 10.7 Å². The lowest BCUT2D eigenvalue weighted by molar-refractivity contribution is 0.587. The van der Waals surface area contributed by atoms with Crippen molar-refractivity contribution in [2.45, 2.75) is 10.9 Å². The first-order chi connectivity index (χ1) is 10.5. The predicted octanol–water partition coefficient (Wildman–Crippen LogP) is 0.269. The van der Waals surface area contributed by atoms with Crippen molar-refractivity contribution in [3.63, 3.8) is 0 Å². The summed E-state index contributed by atoms with van der Waals surface area (Å²) in [7, 11) is -3.79. The van der Waals surface area contributed by atoms with Gasteiger partial charge in [-0.05, 0) is 5.56 Å². The number of hydrogen-bond donors (Lipinski definition) is 2. The van der Waals surface area contributed by atoms with E-state index in [0.717, 1.165) is 6.20 Å². The zero-order valence-corrected chi connectivity index (χ0v) is 12.0. The third-order valence-corrected chi connectivity index (χ3v) is 4.37. The van der Waals surface area contributed by atoms with E-state index >= 15 is 0 Å². The zero-order chi connectivity index (χ0) is 15.7. The van der Waals surface area contributed by atoms with Gasteiger partial charge in [0.25, 0.3) is 10.7 Å². The molecule has 112 valence electrons. The molecule has 22 heavy (non-hydrogen) atoms. The highest BCUT2D eigenvalue weighted by molar-refractivity contribution is 7.90. The Kier molecular flexibility index (Phi) is 3.33. The maximum atomic E-state index is 12.4. The van der Waals surface area contributed by atoms with E-state index in [4.69, 9.17) is 5.73 Å². The van der Waals surface area contributed by atoms with Crippen molar-refractivity contribution < 1.29 is 8.42 Å². The molecule has 1 aromatic carbocycles. The van der Waals surface area contributed by atoms with Gasteiger partial charge in [-0.1, -0.05) is 30.3 Å². The Morgan fingerprint density at radius 1 is 1.14 bits per heavy atom. The minimum Gasteiger partial charge on any atom is -0.382 e. The monoisotopic (exact) mass is 317 g/mol. The van der Waals surface area contributed by atoms with Crippen LogP contribution in [0.5, 0.6) is 0 Å². The third-order valence-electron chi connectivity index (χ3n) is 2.92. The highest BCUT2D eigenvalue weighted by Gasteiger charge is 2.21. The van der Waals surface area contributed by atoms with E-state index in [2.05, 4.69) is 19.9 Å². The standard InChI is InChI=1S/C13H11N5O3S/c14-11-10-12(16-9(19)6-15-10)18-13(17-11)22(20,21)7-8-4-2-1-3-5-8/h1-6H,7H2,(H3,14,16,17,18,19). The number of benzene rings is 1. The first-order valence-electron chi connectivity index (χ1n) is 6.25. The van der Waals surface area contributed by atoms with E-state index in [1.807, 2.05) is 0 Å². The molecule has 3 aromatic rings. The Balaban J connectivity index is 2.11. The molecule has 8 nitrogen and oxygen atoms in total. The number of aromatic nitrogens is 4. The van der Waals surface area contributed by atoms with Crippen molar-refractivity contribution in [3.05, 3.63) is 52.4 Å². The fourth-order valence-corrected chi connectivity index (χ4v) is 3.16. The van der Waals surface area contributed by atoms with Gasteiger partial charge in [-0.2, -0.15) is 9.97 Å². The molecular weight excluding hydrogens is 306 g/mol. The van der Waals surface area contributed by atoms with Gasteiger partial charge >= 0.3 is 0 Å². The first kappa shape index (κ1) is 14.1. The summed E-state index contributed by atoms with van der Waals surface area (Å²) < 4.78 is 24.8. The summed E-state index contributed by atoms with van der Waals surface area (Å²) in [5, 5.41) is -0.440. The van der Waals surface area contributed by atoms with Crippen LogP contribution >= 0.6 is 0 Å². The number of aromatic amines is 1. The SMILES string of the molecule is Nc1nc(S(=O)(=O)Cc2ccccc2)nc2[nH]c(=O)cnc12. The quantitative estimate of drug-likeness (QED) is 0.662. The second kappa shape index (κ2) is 5.19. The molecule has 0 atom stereocenters. The number of anilines is 1. The van der Waals surface area contributed by atoms with Gasteiger partial charge in [0.15, 0.2) is 11.5 Å². The average molecular weight is 317 g/mol. The number of H-pyrrole nitrogens is 1. The van der Waals surface area contributed by atoms with Crippen molar-refractivity contribution in [1.82, 2.24) is 19.9 Å². The van der Waals surface area contributed by atoms with Crippen molar-refractivity contribution >= 4 is 26.8 Å². The zero-order valence-electron chi connectivity index (χ0n) is 11.2. The largest absolute Gasteiger partial charge is 0.382 e. The van der Waals surface area contributed by atoms with Gasteiger partial charge in [0.1, 0.15) is 5.52 Å². The molecule has 0 aliphatic rings. The van der Waals surface area contributed by atoms with Crippen LogP contribution in [-0.4, -0.2) is 28.4 Å². The van der Waals surface area contributed by atoms with E-state index in [9.17, 15) is 13.2 Å². The molecule has 0 saturated carbocycles. The molecule has 0 amide bonds. The Labute approximate surface area is 125 Å². The van der Waals surface area contributed by atoms with E-state index in [1.165, 1.54) is 0 Å². The number of sulfone groups is 1. The summed E-state index contributed by atoms with van der Waals surface area (Å²) in [4.78, 5) is 25.1. The molecule has 0 bridgehead atoms. The molecule has 0 spiro atoms. The Hall–Kier alpha value is -2.81. The van der Waals surface area contributed by atoms with E-state index in [1.54, 1.807) is 30.3 Å². The molecule has 2 aromatic heterocycles. The van der Waals surface area contributed by atoms with Crippen LogP contribution in [0.1, 0.15) is 5.56 Å². The van der Waals surface area contributed by atoms with Crippen LogP contribution in [0.2, 0.25) is 0 Å². The maximum absolute atomic E-state index is 12.4. The summed E-state index contributed by atoms with van der Waals surface area (Å²) >= 11 is 0. The molecule has 9 heteroatoms. The van der Waals surface area contributed by atoms with Crippen LogP contribution in [0, 0.1) is 0 Å². The van der Waals surface area contributed by atoms with Crippen LogP contribution in [0.15, 0.2) is 46.5 Å². The van der Waals surface area contributed by atoms with Crippen LogP contribution in [0.3, 0.4) is 0 Å². The number of nitrogens with zero attached hydrogens (tertiary/aromatic N) is 3. The molecular formula is C13H11N5O3S. The highest BCUT2D eigenvalue weighted by Crippen LogP contribution is 2.17. The number of hydrogen-bond acceptors (Lipinski definition) is 7. The molecule has 0 radical (unpaired) electrons. The molecule has 0 fully saturated rings. The lowest BCUT2D eigenvalue weighted by Crippen LogP contribution is -2.14. The van der Waals surface area contributed by atoms with Crippen molar-refractivity contribution in [2.24, 2.45) is 0 Å². The summed E-state index contributed by atoms with van der Waals surface area (Å²) in [5.41, 5.74) is 5.94. The van der Waals surface area contributed by atoms with Crippen molar-refractivity contribution in [2.75, 3.05) is 5.73 Å². The molecule has 0 aliphatic heterocycles. The summed E-state index contributed by atoms with van der Waals surface area (Å²) in [6, 6.07) is 8.64. The van der Waals surface area contributed by atoms with Gasteiger partial charge in [-0.25, -0.2) is 13.4 Å². The second-order valence-electron chi connectivity index (χ2n) is 4.58. The van der Waals surface area contributed by atoms with E-state index < -0.39 is 20.6 Å². The number of nitrogens with two attached hydrogens (primary N) is 1. The Morgan fingerprint density at radius 3 is 2.59 bits per heavy atom. The lowest BCUT2D eigenvalue weighted by Gasteiger charge is -2.05. The molecule has 0 unspecified atom stereocenters. The molecule has 2 heterocycles. The molecule has 3 N–H and O–H groups in total. The van der Waals surface area contributed by atoms with Gasteiger partial charge in [-0.3, -0.25) is 4.79 Å². The topological polar surface area (TPSA) is 132 Å². The maximum Gasteiger partial charge on any atom is 0.268 e. The van der Waals surface area contributed by atoms with Gasteiger partial charge in [-0.15, -0.1) is 0 Å². The molecule has 0 saturated heterocycles. The Morgan fingerprint density at radius 2 is 1.86 bits per heavy atom. The van der Waals surface area contributed by atoms with Crippen molar-refractivity contribution in [3.8, 4) is 0 Å². The number of nitrogen functional groups attached to an aromatic ring is 1. The molecule has 0 aliphatic carbocycles. The minimum absolute atomic E-state index is 0.00774. The van der Waals surface area contributed by atoms with Crippen LogP contribution < -0.4 is 11.3 Å². The normalized spacial score (nSPS) is 11.6. The first-order valence-corrected chi connectivity index (χ1v) is 7.90. The lowest BCUT2D eigenvalue weighted by atomic mass is 10.2. The van der Waals surface area contributed by atoms with Crippen molar-refractivity contribution in [1.29, 1.82) is 0 Å². The number of fused-ring (bicyclic) bond motifs is 1. The molecule has 3 rings (SSSR count). The summed E-state index contributed by atoms with van der Waals surface area (Å²) in [5.74, 6) is -0.364. The van der Waals surface area contributed by atoms with E-state index in [-0.39, 0.29) is 22.7 Å². The number of nitrogens with one attached hydrogen (secondary N) is 1. The van der Waals surface area contributed by atoms with Crippen LogP contribution in [0.4, 0.5) is 5.82 Å². The summed E-state index contributed by atoms with van der Waals surface area (Å²) in [6.07, 6.45) is 1.03. The van der Waals surface area contributed by atoms with E-state index in [0.29, 0.717) is 5.56 Å². The highest BCUT2D eigenvalue weighted by atomic mass is 32.2.